The predicted octanol–water partition coefficient (Wildman–Crippen LogP) is 11.4. The first-order valence-corrected chi connectivity index (χ1v) is 25.8. The molecule has 3 saturated carbocycles. The smallest absolute Gasteiger partial charge is 0.418 e. The van der Waals surface area contributed by atoms with Crippen molar-refractivity contribution in [2.24, 2.45) is 11.8 Å². The number of pyridine rings is 2. The molecule has 3 aliphatic carbocycles. The molecule has 0 unspecified atom stereocenters. The molecule has 70 heavy (non-hydrogen) atoms. The van der Waals surface area contributed by atoms with Crippen LogP contribution in [-0.2, 0) is 25.4 Å². The molecular formula is C50H56F8N6O4S2. The number of hydrogen-bond donors (Lipinski definition) is 2. The van der Waals surface area contributed by atoms with Gasteiger partial charge in [0.25, 0.3) is 11.8 Å². The Hall–Kier alpha value is -4.66. The number of hydrogen-bond acceptors (Lipinski definition) is 10. The average molecular weight is 1020 g/mol. The fraction of sp³-hybridized carbons (Fsp3) is 0.520. The summed E-state index contributed by atoms with van der Waals surface area (Å²) in [7, 11) is 0. The number of halogens is 8. The molecule has 20 heteroatoms. The zero-order valence-electron chi connectivity index (χ0n) is 38.7. The van der Waals surface area contributed by atoms with E-state index in [1.165, 1.54) is 48.6 Å². The summed E-state index contributed by atoms with van der Waals surface area (Å²) in [5.41, 5.74) is 0.523. The Balaban J connectivity index is 0.000000189. The first-order chi connectivity index (χ1) is 33.5. The second kappa shape index (κ2) is 22.8. The van der Waals surface area contributed by atoms with Gasteiger partial charge in [-0.2, -0.15) is 26.3 Å². The van der Waals surface area contributed by atoms with E-state index in [1.54, 1.807) is 18.4 Å². The van der Waals surface area contributed by atoms with Gasteiger partial charge in [0.2, 0.25) is 0 Å². The summed E-state index contributed by atoms with van der Waals surface area (Å²) in [4.78, 5) is 36.5. The van der Waals surface area contributed by atoms with Gasteiger partial charge in [-0.25, -0.2) is 8.78 Å². The third-order valence-corrected chi connectivity index (χ3v) is 14.8. The van der Waals surface area contributed by atoms with Crippen molar-refractivity contribution >= 4 is 35.7 Å². The number of aromatic nitrogens is 2. The van der Waals surface area contributed by atoms with E-state index in [0.717, 1.165) is 99.4 Å². The van der Waals surface area contributed by atoms with Crippen molar-refractivity contribution in [1.82, 2.24) is 29.2 Å². The van der Waals surface area contributed by atoms with Gasteiger partial charge < -0.3 is 9.47 Å². The summed E-state index contributed by atoms with van der Waals surface area (Å²) in [6.45, 7) is 3.68. The third kappa shape index (κ3) is 14.1. The summed E-state index contributed by atoms with van der Waals surface area (Å²) < 4.78 is 126. The molecule has 0 atom stereocenters. The lowest BCUT2D eigenvalue weighted by molar-refractivity contribution is -0.139. The van der Waals surface area contributed by atoms with Crippen LogP contribution in [-0.4, -0.2) is 82.5 Å². The molecule has 4 aromatic rings. The van der Waals surface area contributed by atoms with Gasteiger partial charge in [0.15, 0.2) is 0 Å². The molecule has 0 bridgehead atoms. The van der Waals surface area contributed by atoms with E-state index in [0.29, 0.717) is 56.1 Å². The molecule has 2 N–H and O–H groups in total. The average Bonchev–Trinajstić information content (AvgIpc) is 4.16. The van der Waals surface area contributed by atoms with Crippen LogP contribution in [0.2, 0.25) is 0 Å². The van der Waals surface area contributed by atoms with E-state index < -0.39 is 46.9 Å². The highest BCUT2D eigenvalue weighted by Gasteiger charge is 2.37. The number of likely N-dealkylation sites (tertiary alicyclic amines) is 2. The first kappa shape index (κ1) is 51.7. The number of carbonyl (C=O) groups is 2. The monoisotopic (exact) mass is 1020 g/mol. The number of nitrogens with zero attached hydrogens (tertiary/aromatic N) is 4. The number of carbonyl (C=O) groups excluding carboxylic acids is 2. The zero-order chi connectivity index (χ0) is 49.6. The normalized spacial score (nSPS) is 18.5. The summed E-state index contributed by atoms with van der Waals surface area (Å²) >= 11 is 2.48. The minimum absolute atomic E-state index is 0.0182. The Kier molecular flexibility index (Phi) is 16.9. The number of rotatable bonds is 17. The minimum atomic E-state index is -4.42. The van der Waals surface area contributed by atoms with E-state index in [9.17, 15) is 44.7 Å². The van der Waals surface area contributed by atoms with Crippen molar-refractivity contribution in [3.63, 3.8) is 0 Å². The van der Waals surface area contributed by atoms with Crippen molar-refractivity contribution < 1.29 is 54.2 Å². The van der Waals surface area contributed by atoms with Gasteiger partial charge in [-0.15, -0.1) is 0 Å². The van der Waals surface area contributed by atoms with E-state index in [-0.39, 0.29) is 59.3 Å². The van der Waals surface area contributed by atoms with Crippen LogP contribution in [0.1, 0.15) is 130 Å². The van der Waals surface area contributed by atoms with Gasteiger partial charge in [0.05, 0.1) is 46.9 Å². The topological polar surface area (TPSA) is 109 Å². The van der Waals surface area contributed by atoms with Crippen LogP contribution in [0.4, 0.5) is 35.1 Å². The summed E-state index contributed by atoms with van der Waals surface area (Å²) in [5, 5.41) is 0.435. The molecule has 2 aliphatic heterocycles. The van der Waals surface area contributed by atoms with E-state index >= 15 is 0 Å². The van der Waals surface area contributed by atoms with Crippen molar-refractivity contribution in [2.75, 3.05) is 45.6 Å². The van der Waals surface area contributed by atoms with Crippen LogP contribution in [0.25, 0.3) is 0 Å². The second-order valence-electron chi connectivity index (χ2n) is 18.7. The van der Waals surface area contributed by atoms with Crippen LogP contribution >= 0.6 is 23.9 Å². The zero-order valence-corrected chi connectivity index (χ0v) is 40.3. The summed E-state index contributed by atoms with van der Waals surface area (Å²) in [5.74, 6) is -0.106. The highest BCUT2D eigenvalue weighted by Crippen LogP contribution is 2.47. The minimum Gasteiger partial charge on any atom is -0.493 e. The lowest BCUT2D eigenvalue weighted by Gasteiger charge is -2.32. The number of nitrogens with one attached hydrogen (secondary N) is 2. The van der Waals surface area contributed by atoms with Crippen molar-refractivity contribution in [3.8, 4) is 11.5 Å². The van der Waals surface area contributed by atoms with Crippen LogP contribution in [0.15, 0.2) is 60.9 Å². The number of alkyl halides is 6. The fourth-order valence-corrected chi connectivity index (χ4v) is 9.85. The molecule has 4 heterocycles. The maximum absolute atomic E-state index is 14.8. The number of amides is 2. The Morgan fingerprint density at radius 3 is 1.41 bits per heavy atom. The molecular weight excluding hydrogens is 965 g/mol. The largest absolute Gasteiger partial charge is 0.493 e. The summed E-state index contributed by atoms with van der Waals surface area (Å²) in [6, 6.07) is 10.6. The molecule has 2 aromatic carbocycles. The van der Waals surface area contributed by atoms with Gasteiger partial charge in [0, 0.05) is 49.1 Å². The molecule has 0 spiro atoms. The molecule has 0 radical (unpaired) electrons. The number of piperidine rings is 2. The second-order valence-corrected chi connectivity index (χ2v) is 20.4. The van der Waals surface area contributed by atoms with E-state index in [4.69, 9.17) is 9.47 Å². The molecule has 9 rings (SSSR count). The van der Waals surface area contributed by atoms with E-state index in [1.807, 2.05) is 9.80 Å². The van der Waals surface area contributed by atoms with Crippen molar-refractivity contribution in [2.45, 2.75) is 107 Å². The molecule has 5 aliphatic rings. The van der Waals surface area contributed by atoms with Gasteiger partial charge >= 0.3 is 12.4 Å². The highest BCUT2D eigenvalue weighted by molar-refractivity contribution is 7.98. The molecule has 2 amide bonds. The third-order valence-electron chi connectivity index (χ3n) is 13.3. The quantitative estimate of drug-likeness (QED) is 0.0784. The van der Waals surface area contributed by atoms with Gasteiger partial charge in [0.1, 0.15) is 23.1 Å². The standard InChI is InChI=1S/C26H29F4N3O2S.C24H27F4N3O2S/c27-22-13-24(19(17-3-4-17)12-20(22)25(34)32-36-18-5-6-18)35-15-16-7-10-33(11-8-16)14-23-21(26(28,29)30)2-1-9-31-23;1-34-30-23(32)18-11-17(16-4-5-16)22(12-20(18)25)33-14-15-6-9-31(10-7-15)13-21-19(24(26,27)28)3-2-8-29-21/h1-2,9,12-13,16-18H,3-8,10-11,14-15H2,(H,32,34);2-3,8,11-12,15-16H,4-7,9-10,13-14H2,1H3,(H,30,32). The molecule has 5 fully saturated rings. The van der Waals surface area contributed by atoms with Crippen LogP contribution in [0.5, 0.6) is 11.5 Å². The SMILES string of the molecule is CSNC(=O)c1cc(C2CC2)c(OCC2CCN(Cc3ncccc3C(F)(F)F)CC2)cc1F.O=C(NSC1CC1)c1cc(C2CC2)c(OCC2CCN(Cc3ncccc3C(F)(F)F)CC2)cc1F. The van der Waals surface area contributed by atoms with Gasteiger partial charge in [-0.1, -0.05) is 11.9 Å². The van der Waals surface area contributed by atoms with Crippen molar-refractivity contribution in [1.29, 1.82) is 0 Å². The molecule has 2 aromatic heterocycles. The van der Waals surface area contributed by atoms with Gasteiger partial charge in [-0.05, 0) is 174 Å². The predicted molar refractivity (Wildman–Crippen MR) is 251 cm³/mol. The van der Waals surface area contributed by atoms with E-state index in [2.05, 4.69) is 19.4 Å². The van der Waals surface area contributed by atoms with Crippen molar-refractivity contribution in [3.05, 3.63) is 117 Å². The van der Waals surface area contributed by atoms with Crippen LogP contribution in [0, 0.1) is 23.5 Å². The van der Waals surface area contributed by atoms with Crippen LogP contribution in [0.3, 0.4) is 0 Å². The molecule has 10 nitrogen and oxygen atoms in total. The highest BCUT2D eigenvalue weighted by atomic mass is 32.2. The Morgan fingerprint density at radius 2 is 1.04 bits per heavy atom. The molecule has 2 saturated heterocycles. The maximum atomic E-state index is 14.8. The molecule has 378 valence electrons. The maximum Gasteiger partial charge on any atom is 0.418 e. The number of benzene rings is 2. The lowest BCUT2D eigenvalue weighted by atomic mass is 9.97. The van der Waals surface area contributed by atoms with Crippen LogP contribution < -0.4 is 18.9 Å². The Labute approximate surface area is 410 Å². The van der Waals surface area contributed by atoms with Gasteiger partial charge in [-0.3, -0.25) is 38.8 Å². The Morgan fingerprint density at radius 1 is 0.629 bits per heavy atom. The lowest BCUT2D eigenvalue weighted by Crippen LogP contribution is -2.36. The summed E-state index contributed by atoms with van der Waals surface area (Å²) in [6.07, 6.45) is 4.81. The number of ether oxygens (including phenoxy) is 2. The fourth-order valence-electron chi connectivity index (χ4n) is 8.80. The first-order valence-electron chi connectivity index (χ1n) is 23.7. The Bertz CT molecular complexity index is 2450.